The minimum absolute atomic E-state index is 0.0649. The molecule has 308 valence electrons. The topological polar surface area (TPSA) is 98.8 Å². The van der Waals surface area contributed by atoms with Crippen LogP contribution in [-0.4, -0.2) is 65.1 Å². The molecule has 2 atom stereocenters. The Balaban J connectivity index is 0.000000231. The minimum Gasteiger partial charge on any atom is -0.354 e. The molecule has 2 unspecified atom stereocenters. The lowest BCUT2D eigenvalue weighted by Gasteiger charge is -2.37. The maximum Gasteiger partial charge on any atom is 0.256 e. The Morgan fingerprint density at radius 1 is 0.678 bits per heavy atom. The molecule has 9 heteroatoms. The first-order valence-corrected chi connectivity index (χ1v) is 22.2. The lowest BCUT2D eigenvalue weighted by molar-refractivity contribution is -0.127. The van der Waals surface area contributed by atoms with Crippen LogP contribution in [0.5, 0.6) is 0 Å². The van der Waals surface area contributed by atoms with Gasteiger partial charge in [-0.2, -0.15) is 0 Å². The van der Waals surface area contributed by atoms with E-state index in [2.05, 4.69) is 52.0 Å². The van der Waals surface area contributed by atoms with Gasteiger partial charge in [0, 0.05) is 21.4 Å². The maximum atomic E-state index is 13.7. The van der Waals surface area contributed by atoms with Crippen LogP contribution in [-0.2, 0) is 9.59 Å². The van der Waals surface area contributed by atoms with E-state index in [0.29, 0.717) is 17.7 Å². The fourth-order valence-corrected chi connectivity index (χ4v) is 9.04. The fourth-order valence-electron chi connectivity index (χ4n) is 8.42. The Kier molecular flexibility index (Phi) is 17.9. The zero-order valence-corrected chi connectivity index (χ0v) is 36.4. The highest BCUT2D eigenvalue weighted by molar-refractivity contribution is 14.1. The second-order valence-corrected chi connectivity index (χ2v) is 16.7. The third-order valence-corrected chi connectivity index (χ3v) is 12.4. The summed E-state index contributed by atoms with van der Waals surface area (Å²) < 4.78 is 0.847. The first kappa shape index (κ1) is 45.0. The predicted molar refractivity (Wildman–Crippen MR) is 247 cm³/mol. The summed E-state index contributed by atoms with van der Waals surface area (Å²) >= 11 is 2.16. The number of hydrogen-bond acceptors (Lipinski definition) is 4. The van der Waals surface area contributed by atoms with Crippen molar-refractivity contribution in [3.8, 4) is 24.7 Å². The zero-order valence-electron chi connectivity index (χ0n) is 34.2. The highest BCUT2D eigenvalue weighted by Gasteiger charge is 2.39. The number of anilines is 1. The second kappa shape index (κ2) is 23.5. The predicted octanol–water partition coefficient (Wildman–Crippen LogP) is 9.73. The van der Waals surface area contributed by atoms with Crippen molar-refractivity contribution in [2.45, 2.75) is 96.1 Å². The number of benzene rings is 4. The molecule has 0 radical (unpaired) electrons. The molecule has 0 heterocycles. The molecular formula is C50H57IN4O4. The number of amides is 4. The third kappa shape index (κ3) is 12.4. The molecule has 0 bridgehead atoms. The van der Waals surface area contributed by atoms with Gasteiger partial charge >= 0.3 is 0 Å². The van der Waals surface area contributed by atoms with E-state index in [9.17, 15) is 19.2 Å². The average Bonchev–Trinajstić information content (AvgIpc) is 3.27. The Hall–Kier alpha value is -5.13. The van der Waals surface area contributed by atoms with Crippen molar-refractivity contribution in [3.05, 3.63) is 112 Å². The molecule has 2 N–H and O–H groups in total. The summed E-state index contributed by atoms with van der Waals surface area (Å²) in [6, 6.07) is 29.3. The number of nitrogens with zero attached hydrogens (tertiary/aromatic N) is 2. The lowest BCUT2D eigenvalue weighted by Crippen LogP contribution is -2.54. The number of carbonyl (C=O) groups is 4. The van der Waals surface area contributed by atoms with Crippen LogP contribution in [0.4, 0.5) is 5.69 Å². The van der Waals surface area contributed by atoms with Gasteiger partial charge in [0.15, 0.2) is 0 Å². The summed E-state index contributed by atoms with van der Waals surface area (Å²) in [6.45, 7) is 2.97. The van der Waals surface area contributed by atoms with Crippen molar-refractivity contribution in [2.75, 3.05) is 25.0 Å². The number of hydrogen-bond donors (Lipinski definition) is 2. The highest BCUT2D eigenvalue weighted by atomic mass is 127. The quantitative estimate of drug-likeness (QED) is 0.0749. The normalized spacial score (nSPS) is 15.3. The molecule has 4 amide bonds. The van der Waals surface area contributed by atoms with Crippen LogP contribution in [0.25, 0.3) is 10.8 Å². The number of fused-ring (bicyclic) bond motifs is 1. The van der Waals surface area contributed by atoms with Crippen LogP contribution in [0.3, 0.4) is 0 Å². The monoisotopic (exact) mass is 904 g/mol. The molecule has 6 rings (SSSR count). The largest absolute Gasteiger partial charge is 0.354 e. The number of carbonyl (C=O) groups excluding carboxylic acids is 4. The van der Waals surface area contributed by atoms with E-state index in [1.54, 1.807) is 28.0 Å². The van der Waals surface area contributed by atoms with Gasteiger partial charge in [-0.05, 0) is 114 Å². The van der Waals surface area contributed by atoms with Crippen LogP contribution >= 0.6 is 22.6 Å². The third-order valence-electron chi connectivity index (χ3n) is 11.4. The zero-order chi connectivity index (χ0) is 42.0. The molecule has 2 fully saturated rings. The van der Waals surface area contributed by atoms with Crippen molar-refractivity contribution in [1.82, 2.24) is 15.1 Å². The van der Waals surface area contributed by atoms with Crippen LogP contribution in [0, 0.1) is 40.1 Å². The molecule has 0 spiro atoms. The van der Waals surface area contributed by atoms with Gasteiger partial charge in [-0.15, -0.1) is 12.8 Å². The lowest BCUT2D eigenvalue weighted by atomic mass is 9.82. The van der Waals surface area contributed by atoms with Gasteiger partial charge < -0.3 is 20.4 Å². The van der Waals surface area contributed by atoms with Gasteiger partial charge in [0.25, 0.3) is 11.8 Å². The first-order valence-electron chi connectivity index (χ1n) is 21.1. The summed E-state index contributed by atoms with van der Waals surface area (Å²) in [5, 5.41) is 8.28. The second-order valence-electron chi connectivity index (χ2n) is 15.5. The molecular weight excluding hydrogens is 847 g/mol. The molecule has 8 nitrogen and oxygen atoms in total. The Bertz CT molecular complexity index is 2100. The number of rotatable bonds is 14. The standard InChI is InChI=1S/C28H27IN2O2.C22H30N2O2/c1-2-18-31(28(33)24-14-8-9-15-25(24)29)26(21-11-4-3-5-12-21)27(32)30-23-17-16-20-10-6-7-13-22(20)19-23;1-3-5-16-23-21(25)20(18-12-8-6-9-13-18)24(17-4-2)22(26)19-14-10-7-11-15-19/h1,6-10,13-17,19,21,26H,3-5,11-12,18H2,(H,30,32);2,7,10-11,14-15,18,20H,3,5-6,8-9,12-13,16-17H2,1H3,(H,23,25). The number of nitrogens with one attached hydrogen (secondary N) is 2. The first-order chi connectivity index (χ1) is 28.8. The van der Waals surface area contributed by atoms with E-state index in [1.807, 2.05) is 78.9 Å². The van der Waals surface area contributed by atoms with Crippen molar-refractivity contribution in [1.29, 1.82) is 0 Å². The van der Waals surface area contributed by atoms with Crippen molar-refractivity contribution < 1.29 is 19.2 Å². The summed E-state index contributed by atoms with van der Waals surface area (Å²) in [4.78, 5) is 56.6. The summed E-state index contributed by atoms with van der Waals surface area (Å²) in [7, 11) is 0. The highest BCUT2D eigenvalue weighted by Crippen LogP contribution is 2.32. The fraction of sp³-hybridized carbons (Fsp3) is 0.400. The molecule has 2 saturated carbocycles. The molecule has 4 aromatic rings. The smallest absolute Gasteiger partial charge is 0.256 e. The Morgan fingerprint density at radius 2 is 1.22 bits per heavy atom. The number of terminal acetylenes is 2. The molecule has 0 aliphatic heterocycles. The van der Waals surface area contributed by atoms with Crippen LogP contribution in [0.2, 0.25) is 0 Å². The van der Waals surface area contributed by atoms with Gasteiger partial charge in [-0.25, -0.2) is 0 Å². The van der Waals surface area contributed by atoms with Crippen LogP contribution in [0.15, 0.2) is 97.1 Å². The van der Waals surface area contributed by atoms with Crippen molar-refractivity contribution in [3.63, 3.8) is 0 Å². The Labute approximate surface area is 364 Å². The van der Waals surface area contributed by atoms with E-state index in [1.165, 1.54) is 6.42 Å². The van der Waals surface area contributed by atoms with E-state index in [0.717, 1.165) is 90.7 Å². The van der Waals surface area contributed by atoms with Gasteiger partial charge in [-0.1, -0.05) is 124 Å². The Morgan fingerprint density at radius 3 is 1.81 bits per heavy atom. The molecule has 4 aromatic carbocycles. The van der Waals surface area contributed by atoms with E-state index >= 15 is 0 Å². The number of unbranched alkanes of at least 4 members (excludes halogenated alkanes) is 1. The summed E-state index contributed by atoms with van der Waals surface area (Å²) in [5.74, 6) is 4.87. The summed E-state index contributed by atoms with van der Waals surface area (Å²) in [5.41, 5.74) is 1.87. The minimum atomic E-state index is -0.615. The van der Waals surface area contributed by atoms with Crippen LogP contribution in [0.1, 0.15) is 105 Å². The molecule has 2 aliphatic carbocycles. The molecule has 59 heavy (non-hydrogen) atoms. The average molecular weight is 905 g/mol. The molecule has 0 saturated heterocycles. The number of halogens is 1. The van der Waals surface area contributed by atoms with E-state index in [4.69, 9.17) is 12.8 Å². The van der Waals surface area contributed by atoms with Gasteiger partial charge in [0.2, 0.25) is 11.8 Å². The van der Waals surface area contributed by atoms with Crippen molar-refractivity contribution in [2.24, 2.45) is 11.8 Å². The van der Waals surface area contributed by atoms with Gasteiger partial charge in [-0.3, -0.25) is 19.2 Å². The summed E-state index contributed by atoms with van der Waals surface area (Å²) in [6.07, 6.45) is 23.7. The SMILES string of the molecule is C#CCN(C(=O)c1ccccc1)C(C(=O)NCCCC)C1CCCCC1.C#CCN(C(=O)c1ccccc1I)C(C(=O)Nc1ccc2ccccc2c1)C1CCCCC1. The van der Waals surface area contributed by atoms with Crippen LogP contribution < -0.4 is 10.6 Å². The van der Waals surface area contributed by atoms with E-state index in [-0.39, 0.29) is 48.6 Å². The molecule has 0 aromatic heterocycles. The van der Waals surface area contributed by atoms with Gasteiger partial charge in [0.1, 0.15) is 12.1 Å². The van der Waals surface area contributed by atoms with Crippen molar-refractivity contribution >= 4 is 62.7 Å². The van der Waals surface area contributed by atoms with Gasteiger partial charge in [0.05, 0.1) is 18.7 Å². The van der Waals surface area contributed by atoms with E-state index < -0.39 is 12.1 Å². The molecule has 2 aliphatic rings. The maximum absolute atomic E-state index is 13.7.